The second-order valence-corrected chi connectivity index (χ2v) is 8.44. The van der Waals surface area contributed by atoms with E-state index in [0.29, 0.717) is 11.3 Å². The van der Waals surface area contributed by atoms with Crippen molar-refractivity contribution in [3.8, 4) is 0 Å². The molecule has 2 N–H and O–H groups in total. The Kier molecular flexibility index (Phi) is 4.93. The van der Waals surface area contributed by atoms with Gasteiger partial charge in [0.25, 0.3) is 5.91 Å². The number of hydrogen-bond donors (Lipinski definition) is 1. The molecule has 0 aliphatic carbocycles. The fraction of sp³-hybridized carbons (Fsp3) is 0.348. The SMILES string of the molecule is Cc1ncc2c(N)cc3ccc(C(=O)N(C)C4COCC5N=C(C(F)(F)F)C=CC54)cc3n12. The second-order valence-electron chi connectivity index (χ2n) is 8.44. The molecule has 2 aromatic heterocycles. The molecule has 0 saturated carbocycles. The fourth-order valence-electron chi connectivity index (χ4n) is 4.67. The predicted octanol–water partition coefficient (Wildman–Crippen LogP) is 3.41. The standard InChI is InChI=1S/C23H22F3N5O2/c1-12-28-9-19-16(27)7-13-3-4-14(8-18(13)31(12)19)22(32)30(2)20-11-33-10-17-15(20)5-6-21(29-17)23(24,25)26/h3-9,15,17,20H,10-11,27H2,1-2H3. The van der Waals surface area contributed by atoms with E-state index in [4.69, 9.17) is 10.5 Å². The number of aromatic nitrogens is 2. The lowest BCUT2D eigenvalue weighted by Crippen LogP contribution is -2.53. The highest BCUT2D eigenvalue weighted by Crippen LogP contribution is 2.32. The minimum atomic E-state index is -4.51. The summed E-state index contributed by atoms with van der Waals surface area (Å²) >= 11 is 0. The number of ether oxygens (including phenoxy) is 1. The number of alkyl halides is 3. The van der Waals surface area contributed by atoms with Crippen LogP contribution >= 0.6 is 0 Å². The Balaban J connectivity index is 1.47. The van der Waals surface area contributed by atoms with Gasteiger partial charge in [0, 0.05) is 23.9 Å². The number of likely N-dealkylation sites (N-methyl/N-ethyl adjacent to an activating group) is 1. The molecule has 4 heterocycles. The van der Waals surface area contributed by atoms with Gasteiger partial charge in [-0.25, -0.2) is 4.98 Å². The summed E-state index contributed by atoms with van der Waals surface area (Å²) < 4.78 is 46.7. The van der Waals surface area contributed by atoms with E-state index < -0.39 is 24.0 Å². The number of fused-ring (bicyclic) bond motifs is 4. The maximum Gasteiger partial charge on any atom is 0.432 e. The van der Waals surface area contributed by atoms with E-state index in [9.17, 15) is 18.0 Å². The van der Waals surface area contributed by atoms with Crippen LogP contribution in [-0.2, 0) is 4.74 Å². The largest absolute Gasteiger partial charge is 0.432 e. The van der Waals surface area contributed by atoms with E-state index >= 15 is 0 Å². The maximum absolute atomic E-state index is 13.4. The first-order valence-corrected chi connectivity index (χ1v) is 10.5. The molecule has 3 unspecified atom stereocenters. The minimum Gasteiger partial charge on any atom is -0.397 e. The van der Waals surface area contributed by atoms with Gasteiger partial charge in [-0.2, -0.15) is 13.2 Å². The van der Waals surface area contributed by atoms with Crippen LogP contribution in [-0.4, -0.2) is 64.4 Å². The number of amides is 1. The number of pyridine rings is 1. The molecule has 3 aromatic rings. The van der Waals surface area contributed by atoms with E-state index in [1.54, 1.807) is 25.4 Å². The van der Waals surface area contributed by atoms with Crippen LogP contribution in [0.3, 0.4) is 0 Å². The topological polar surface area (TPSA) is 85.2 Å². The Morgan fingerprint density at radius 1 is 1.24 bits per heavy atom. The Morgan fingerprint density at radius 3 is 2.79 bits per heavy atom. The molecule has 1 saturated heterocycles. The zero-order valence-corrected chi connectivity index (χ0v) is 18.0. The zero-order chi connectivity index (χ0) is 23.5. The number of benzene rings is 1. The molecular weight excluding hydrogens is 435 g/mol. The quantitative estimate of drug-likeness (QED) is 0.639. The highest BCUT2D eigenvalue weighted by atomic mass is 19.4. The molecule has 0 bridgehead atoms. The van der Waals surface area contributed by atoms with Crippen molar-refractivity contribution >= 4 is 33.7 Å². The van der Waals surface area contributed by atoms with E-state index in [0.717, 1.165) is 28.3 Å². The third-order valence-corrected chi connectivity index (χ3v) is 6.42. The first kappa shape index (κ1) is 21.4. The third-order valence-electron chi connectivity index (χ3n) is 6.42. The van der Waals surface area contributed by atoms with E-state index in [1.807, 2.05) is 23.5 Å². The lowest BCUT2D eigenvalue weighted by Gasteiger charge is -2.41. The van der Waals surface area contributed by atoms with Crippen molar-refractivity contribution in [2.24, 2.45) is 10.9 Å². The van der Waals surface area contributed by atoms with Crippen molar-refractivity contribution in [3.05, 3.63) is 54.0 Å². The van der Waals surface area contributed by atoms with Gasteiger partial charge in [-0.1, -0.05) is 12.1 Å². The van der Waals surface area contributed by atoms with Crippen LogP contribution in [0.25, 0.3) is 16.4 Å². The summed E-state index contributed by atoms with van der Waals surface area (Å²) in [5.74, 6) is 0.129. The number of imidazole rings is 1. The minimum absolute atomic E-state index is 0.0857. The third kappa shape index (κ3) is 3.54. The first-order chi connectivity index (χ1) is 15.6. The van der Waals surface area contributed by atoms with Crippen molar-refractivity contribution in [3.63, 3.8) is 0 Å². The summed E-state index contributed by atoms with van der Waals surface area (Å²) in [7, 11) is 1.64. The summed E-state index contributed by atoms with van der Waals surface area (Å²) in [6, 6.07) is 6.04. The van der Waals surface area contributed by atoms with E-state index in [-0.39, 0.29) is 25.0 Å². The summed E-state index contributed by atoms with van der Waals surface area (Å²) in [4.78, 5) is 23.1. The number of carbonyl (C=O) groups excluding carboxylic acids is 1. The van der Waals surface area contributed by atoms with Crippen molar-refractivity contribution in [1.29, 1.82) is 0 Å². The number of nitrogens with two attached hydrogens (primary N) is 1. The molecule has 7 nitrogen and oxygen atoms in total. The molecule has 2 aliphatic rings. The molecule has 0 radical (unpaired) electrons. The molecule has 10 heteroatoms. The maximum atomic E-state index is 13.4. The smallest absolute Gasteiger partial charge is 0.397 e. The van der Waals surface area contributed by atoms with Gasteiger partial charge in [-0.3, -0.25) is 14.2 Å². The van der Waals surface area contributed by atoms with Crippen molar-refractivity contribution < 1.29 is 22.7 Å². The van der Waals surface area contributed by atoms with Gasteiger partial charge >= 0.3 is 6.18 Å². The second kappa shape index (κ2) is 7.58. The first-order valence-electron chi connectivity index (χ1n) is 10.5. The fourth-order valence-corrected chi connectivity index (χ4v) is 4.67. The monoisotopic (exact) mass is 457 g/mol. The molecule has 1 aromatic carbocycles. The highest BCUT2D eigenvalue weighted by Gasteiger charge is 2.42. The van der Waals surface area contributed by atoms with Crippen LogP contribution in [0.2, 0.25) is 0 Å². The normalized spacial score (nSPS) is 22.9. The number of carbonyl (C=O) groups is 1. The van der Waals surface area contributed by atoms with Crippen LogP contribution in [0.15, 0.2) is 47.6 Å². The van der Waals surface area contributed by atoms with Gasteiger partial charge in [0.15, 0.2) is 0 Å². The summed E-state index contributed by atoms with van der Waals surface area (Å²) in [6.45, 7) is 2.17. The van der Waals surface area contributed by atoms with Gasteiger partial charge < -0.3 is 15.4 Å². The number of anilines is 1. The summed E-state index contributed by atoms with van der Waals surface area (Å²) in [5.41, 5.74) is 7.81. The number of hydrogen-bond acceptors (Lipinski definition) is 5. The molecule has 2 aliphatic heterocycles. The van der Waals surface area contributed by atoms with Crippen molar-refractivity contribution in [2.45, 2.75) is 25.2 Å². The van der Waals surface area contributed by atoms with Crippen LogP contribution in [0, 0.1) is 12.8 Å². The van der Waals surface area contributed by atoms with E-state index in [1.165, 1.54) is 11.0 Å². The Morgan fingerprint density at radius 2 is 2.03 bits per heavy atom. The number of nitrogens with zero attached hydrogens (tertiary/aromatic N) is 4. The number of aliphatic imine (C=N–C) groups is 1. The van der Waals surface area contributed by atoms with Crippen LogP contribution in [0.1, 0.15) is 16.2 Å². The average Bonchev–Trinajstić information content (AvgIpc) is 3.19. The molecule has 1 fully saturated rings. The van der Waals surface area contributed by atoms with Crippen LogP contribution in [0.5, 0.6) is 0 Å². The van der Waals surface area contributed by atoms with Gasteiger partial charge in [0.2, 0.25) is 0 Å². The van der Waals surface area contributed by atoms with E-state index in [2.05, 4.69) is 9.98 Å². The van der Waals surface area contributed by atoms with Gasteiger partial charge in [0.05, 0.1) is 48.2 Å². The van der Waals surface area contributed by atoms with Gasteiger partial charge in [-0.15, -0.1) is 0 Å². The number of dihydropyridines is 1. The summed E-state index contributed by atoms with van der Waals surface area (Å²) in [5, 5.41) is 0.866. The summed E-state index contributed by atoms with van der Waals surface area (Å²) in [6.07, 6.45) is -0.327. The average molecular weight is 457 g/mol. The Hall–Kier alpha value is -3.40. The zero-order valence-electron chi connectivity index (χ0n) is 18.0. The number of halogens is 3. The lowest BCUT2D eigenvalue weighted by molar-refractivity contribution is -0.0599. The molecular formula is C23H22F3N5O2. The predicted molar refractivity (Wildman–Crippen MR) is 118 cm³/mol. The molecule has 3 atom stereocenters. The molecule has 33 heavy (non-hydrogen) atoms. The number of aryl methyl sites for hydroxylation is 1. The molecule has 5 rings (SSSR count). The number of nitrogen functional groups attached to an aromatic ring is 1. The van der Waals surface area contributed by atoms with Crippen molar-refractivity contribution in [1.82, 2.24) is 14.3 Å². The molecule has 172 valence electrons. The Bertz CT molecular complexity index is 1330. The number of rotatable bonds is 2. The van der Waals surface area contributed by atoms with Gasteiger partial charge in [-0.05, 0) is 31.2 Å². The van der Waals surface area contributed by atoms with Gasteiger partial charge in [0.1, 0.15) is 11.5 Å². The lowest BCUT2D eigenvalue weighted by atomic mass is 9.86. The van der Waals surface area contributed by atoms with Crippen molar-refractivity contribution in [2.75, 3.05) is 26.0 Å². The van der Waals surface area contributed by atoms with Crippen LogP contribution in [0.4, 0.5) is 18.9 Å². The number of allylic oxidation sites excluding steroid dienone is 1. The molecule has 0 spiro atoms. The Labute approximate surface area is 187 Å². The molecule has 1 amide bonds. The van der Waals surface area contributed by atoms with Crippen LogP contribution < -0.4 is 5.73 Å². The highest BCUT2D eigenvalue weighted by molar-refractivity contribution is 6.01.